The van der Waals surface area contributed by atoms with E-state index >= 15 is 0 Å². The van der Waals surface area contributed by atoms with E-state index in [9.17, 15) is 41.8 Å². The monoisotopic (exact) mass is 547 g/mol. The van der Waals surface area contributed by atoms with Gasteiger partial charge in [0.1, 0.15) is 11.6 Å². The Balaban J connectivity index is 0.00000507. The van der Waals surface area contributed by atoms with E-state index in [0.717, 1.165) is 35.2 Å². The summed E-state index contributed by atoms with van der Waals surface area (Å²) in [5, 5.41) is 13.8. The number of carbonyl (C=O) groups excluding carboxylic acids is 3. The summed E-state index contributed by atoms with van der Waals surface area (Å²) in [5.41, 5.74) is 0.558. The first-order valence-electron chi connectivity index (χ1n) is 10.7. The fourth-order valence-electron chi connectivity index (χ4n) is 3.62. The van der Waals surface area contributed by atoms with Crippen LogP contribution in [0, 0.1) is 5.82 Å². The van der Waals surface area contributed by atoms with Crippen molar-refractivity contribution in [3.05, 3.63) is 65.6 Å². The molecule has 2 aromatic carbocycles. The van der Waals surface area contributed by atoms with Crippen LogP contribution in [0.1, 0.15) is 24.9 Å². The third-order valence-corrected chi connectivity index (χ3v) is 5.43. The molecule has 1 heterocycles. The number of nitrogens with one attached hydrogen (secondary N) is 2. The van der Waals surface area contributed by atoms with Crippen LogP contribution >= 0.6 is 0 Å². The van der Waals surface area contributed by atoms with E-state index in [0.29, 0.717) is 5.70 Å². The van der Waals surface area contributed by atoms with Gasteiger partial charge in [0.2, 0.25) is 0 Å². The van der Waals surface area contributed by atoms with E-state index in [-0.39, 0.29) is 46.2 Å². The first kappa shape index (κ1) is 30.8. The number of halogens is 4. The predicted molar refractivity (Wildman–Crippen MR) is 128 cm³/mol. The number of nitrogens with zero attached hydrogens (tertiary/aromatic N) is 1. The number of hydrogen-bond acceptors (Lipinski definition) is 5. The van der Waals surface area contributed by atoms with E-state index in [2.05, 4.69) is 15.4 Å². The molecule has 2 unspecified atom stereocenters. The van der Waals surface area contributed by atoms with Crippen molar-refractivity contribution < 1.29 is 46.6 Å². The Hall–Kier alpha value is -3.42. The summed E-state index contributed by atoms with van der Waals surface area (Å²) in [5.74, 6) is -4.15. The van der Waals surface area contributed by atoms with Crippen LogP contribution in [0.4, 0.5) is 22.4 Å². The number of rotatable bonds is 7. The zero-order valence-electron chi connectivity index (χ0n) is 19.4. The Morgan fingerprint density at radius 3 is 2.45 bits per heavy atom. The summed E-state index contributed by atoms with van der Waals surface area (Å²) < 4.78 is 56.1. The minimum atomic E-state index is -4.94. The van der Waals surface area contributed by atoms with Crippen molar-refractivity contribution in [3.8, 4) is 16.9 Å². The van der Waals surface area contributed by atoms with Gasteiger partial charge < -0.3 is 25.4 Å². The van der Waals surface area contributed by atoms with E-state index < -0.39 is 60.1 Å². The molecule has 198 valence electrons. The summed E-state index contributed by atoms with van der Waals surface area (Å²) in [7, 11) is 1.41. The number of carboxylic acid groups (broad SMARTS) is 1. The minimum absolute atomic E-state index is 0. The molecule has 0 radical (unpaired) electrons. The number of allylic oxidation sites excluding steroid dienone is 1. The van der Waals surface area contributed by atoms with Crippen LogP contribution in [0.5, 0.6) is 5.75 Å². The number of amides is 3. The van der Waals surface area contributed by atoms with Crippen LogP contribution in [0.2, 0.25) is 0 Å². The molecule has 3 rings (SSSR count). The molecule has 0 saturated heterocycles. The van der Waals surface area contributed by atoms with E-state index in [4.69, 9.17) is 0 Å². The van der Waals surface area contributed by atoms with Gasteiger partial charge in [-0.25, -0.2) is 9.18 Å². The second-order valence-corrected chi connectivity index (χ2v) is 8.14. The van der Waals surface area contributed by atoms with Crippen molar-refractivity contribution >= 4 is 53.2 Å². The van der Waals surface area contributed by atoms with Crippen LogP contribution in [0.25, 0.3) is 11.1 Å². The molecule has 3 N–H and O–H groups in total. The summed E-state index contributed by atoms with van der Waals surface area (Å²) in [6.07, 6.45) is -4.49. The molecule has 0 aliphatic carbocycles. The van der Waals surface area contributed by atoms with E-state index in [1.54, 1.807) is 0 Å². The third-order valence-electron chi connectivity index (χ3n) is 5.43. The van der Waals surface area contributed by atoms with Crippen LogP contribution in [0.3, 0.4) is 0 Å². The Kier molecular flexibility index (Phi) is 10.1. The molecule has 0 fully saturated rings. The van der Waals surface area contributed by atoms with Crippen LogP contribution in [0.15, 0.2) is 54.2 Å². The second kappa shape index (κ2) is 12.4. The average Bonchev–Trinajstić information content (AvgIpc) is 2.78. The number of ether oxygens (including phenoxy) is 1. The molecule has 0 spiro atoms. The van der Waals surface area contributed by atoms with Gasteiger partial charge in [-0.2, -0.15) is 0 Å². The van der Waals surface area contributed by atoms with Crippen molar-refractivity contribution in [2.75, 3.05) is 7.05 Å². The topological polar surface area (TPSA) is 125 Å². The van der Waals surface area contributed by atoms with E-state index in [1.807, 2.05) is 0 Å². The molecule has 0 aromatic heterocycles. The fraction of sp³-hybridized carbons (Fsp3) is 0.250. The third kappa shape index (κ3) is 8.04. The normalized spacial score (nSPS) is 16.2. The average molecular weight is 547 g/mol. The number of ketones is 1. The Morgan fingerprint density at radius 1 is 1.13 bits per heavy atom. The number of aliphatic carboxylic acids is 1. The van der Waals surface area contributed by atoms with Gasteiger partial charge in [0, 0.05) is 18.8 Å². The van der Waals surface area contributed by atoms with Gasteiger partial charge in [0.25, 0.3) is 5.91 Å². The Morgan fingerprint density at radius 2 is 1.82 bits per heavy atom. The number of benzene rings is 2. The molecule has 2 aromatic rings. The van der Waals surface area contributed by atoms with Crippen molar-refractivity contribution in [1.29, 1.82) is 0 Å². The predicted octanol–water partition coefficient (Wildman–Crippen LogP) is 2.87. The van der Waals surface area contributed by atoms with Crippen LogP contribution < -0.4 is 15.4 Å². The quantitative estimate of drug-likeness (QED) is 0.278. The molecular weight excluding hydrogens is 525 g/mol. The van der Waals surface area contributed by atoms with Gasteiger partial charge in [-0.15, -0.1) is 13.2 Å². The molecule has 9 nitrogen and oxygen atoms in total. The summed E-state index contributed by atoms with van der Waals surface area (Å²) in [4.78, 5) is 49.8. The Labute approximate surface area is 236 Å². The summed E-state index contributed by atoms with van der Waals surface area (Å²) >= 11 is 0. The molecular formula is C24H22F4N3NaO6. The number of carboxylic acids is 1. The molecule has 14 heteroatoms. The van der Waals surface area contributed by atoms with Crippen molar-refractivity contribution in [2.45, 2.75) is 31.8 Å². The molecule has 2 atom stereocenters. The van der Waals surface area contributed by atoms with E-state index in [1.165, 1.54) is 32.2 Å². The van der Waals surface area contributed by atoms with Gasteiger partial charge >= 0.3 is 47.9 Å². The van der Waals surface area contributed by atoms with Gasteiger partial charge in [-0.1, -0.05) is 12.1 Å². The van der Waals surface area contributed by atoms with Gasteiger partial charge in [0.15, 0.2) is 11.8 Å². The number of urea groups is 1. The van der Waals surface area contributed by atoms with Crippen molar-refractivity contribution in [1.82, 2.24) is 15.5 Å². The molecule has 1 aliphatic heterocycles. The standard InChI is InChI=1S/C24H21F4N3O6.Na.H/c1-12-6-19(32)21(22(35)31(12)2)30-23(36)29-18(11-20(33)34)15-7-14(8-16(25)9-15)13-4-3-5-17(10-13)37-24(26,27)28;;/h3-10,18,21H,11H2,1-2H3,(H,33,34)(H2,29,30,36);;. The maximum absolute atomic E-state index is 14.5. The summed E-state index contributed by atoms with van der Waals surface area (Å²) in [6.45, 7) is 1.53. The first-order valence-corrected chi connectivity index (χ1v) is 10.7. The zero-order chi connectivity index (χ0) is 27.5. The van der Waals surface area contributed by atoms with Gasteiger partial charge in [0.05, 0.1) is 12.5 Å². The second-order valence-electron chi connectivity index (χ2n) is 8.14. The number of alkyl halides is 3. The maximum atomic E-state index is 14.5. The molecule has 38 heavy (non-hydrogen) atoms. The molecule has 0 saturated carbocycles. The fourth-order valence-corrected chi connectivity index (χ4v) is 3.62. The molecule has 1 aliphatic rings. The number of likely N-dealkylation sites (N-methyl/N-ethyl adjacent to an activating group) is 1. The summed E-state index contributed by atoms with van der Waals surface area (Å²) in [6, 6.07) is 4.04. The van der Waals surface area contributed by atoms with Gasteiger partial charge in [-0.05, 0) is 53.9 Å². The molecule has 0 bridgehead atoms. The van der Waals surface area contributed by atoms with Gasteiger partial charge in [-0.3, -0.25) is 14.4 Å². The Bertz CT molecular complexity index is 1280. The first-order chi connectivity index (χ1) is 17.2. The number of hydrogen-bond donors (Lipinski definition) is 3. The van der Waals surface area contributed by atoms with Crippen molar-refractivity contribution in [2.24, 2.45) is 0 Å². The zero-order valence-corrected chi connectivity index (χ0v) is 19.4. The van der Waals surface area contributed by atoms with Crippen LogP contribution in [-0.2, 0) is 14.4 Å². The van der Waals surface area contributed by atoms with Crippen molar-refractivity contribution in [3.63, 3.8) is 0 Å². The number of carbonyl (C=O) groups is 4. The molecule has 3 amide bonds. The SMILES string of the molecule is CC1=CC(=O)C(NC(=O)NC(CC(=O)O)c2cc(F)cc(-c3cccc(OC(F)(F)F)c3)c2)C(=O)N1C.[NaH]. The van der Waals surface area contributed by atoms with Crippen LogP contribution in [-0.4, -0.2) is 82.7 Å².